The topological polar surface area (TPSA) is 48.3 Å². The van der Waals surface area contributed by atoms with Crippen LogP contribution < -0.4 is 5.32 Å². The van der Waals surface area contributed by atoms with Crippen molar-refractivity contribution in [1.82, 2.24) is 9.55 Å². The summed E-state index contributed by atoms with van der Waals surface area (Å²) < 4.78 is 13.0. The van der Waals surface area contributed by atoms with E-state index in [1.807, 2.05) is 24.4 Å². The Bertz CT molecular complexity index is 834. The van der Waals surface area contributed by atoms with E-state index in [4.69, 9.17) is 9.47 Å². The second kappa shape index (κ2) is 9.57. The van der Waals surface area contributed by atoms with E-state index in [-0.39, 0.29) is 12.4 Å². The van der Waals surface area contributed by atoms with E-state index in [1.54, 1.807) is 7.11 Å². The van der Waals surface area contributed by atoms with Crippen LogP contribution in [-0.4, -0.2) is 29.9 Å². The average Bonchev–Trinajstić information content (AvgIpc) is 2.90. The fraction of sp³-hybridized carbons (Fsp3) is 0.350. The second-order valence-electron chi connectivity index (χ2n) is 6.06. The molecule has 0 bridgehead atoms. The van der Waals surface area contributed by atoms with E-state index in [9.17, 15) is 0 Å². The van der Waals surface area contributed by atoms with Crippen LogP contribution >= 0.6 is 12.4 Å². The van der Waals surface area contributed by atoms with Crippen molar-refractivity contribution < 1.29 is 9.47 Å². The first kappa shape index (κ1) is 20.2. The van der Waals surface area contributed by atoms with Crippen molar-refractivity contribution in [1.29, 1.82) is 0 Å². The maximum atomic E-state index is 5.76. The van der Waals surface area contributed by atoms with Crippen LogP contribution in [0.2, 0.25) is 0 Å². The molecule has 0 saturated carbocycles. The van der Waals surface area contributed by atoms with Gasteiger partial charge in [0.2, 0.25) is 0 Å². The van der Waals surface area contributed by atoms with Gasteiger partial charge in [0, 0.05) is 30.9 Å². The molecule has 2 heterocycles. The summed E-state index contributed by atoms with van der Waals surface area (Å²) in [6, 6.07) is 12.4. The molecule has 0 aliphatic carbocycles. The van der Waals surface area contributed by atoms with Gasteiger partial charge < -0.3 is 19.4 Å². The molecule has 0 atom stereocenters. The highest BCUT2D eigenvalue weighted by Crippen LogP contribution is 2.29. The number of rotatable bonds is 8. The van der Waals surface area contributed by atoms with Gasteiger partial charge in [-0.2, -0.15) is 0 Å². The van der Waals surface area contributed by atoms with E-state index < -0.39 is 0 Å². The van der Waals surface area contributed by atoms with Crippen molar-refractivity contribution >= 4 is 29.1 Å². The van der Waals surface area contributed by atoms with E-state index >= 15 is 0 Å². The number of ether oxygens (including phenoxy) is 2. The SMILES string of the molecule is COCCOCn1c(C)c(C)c2ccnc(NCc3ccccc3)c21.Cl. The van der Waals surface area contributed by atoms with Gasteiger partial charge in [0.05, 0.1) is 18.7 Å². The Labute approximate surface area is 160 Å². The first-order valence-electron chi connectivity index (χ1n) is 8.51. The lowest BCUT2D eigenvalue weighted by atomic mass is 10.2. The number of aromatic nitrogens is 2. The number of hydrogen-bond acceptors (Lipinski definition) is 4. The van der Waals surface area contributed by atoms with Gasteiger partial charge in [0.1, 0.15) is 6.73 Å². The molecule has 1 N–H and O–H groups in total. The van der Waals surface area contributed by atoms with Gasteiger partial charge in [-0.1, -0.05) is 30.3 Å². The summed E-state index contributed by atoms with van der Waals surface area (Å²) in [6.07, 6.45) is 1.86. The molecule has 140 valence electrons. The average molecular weight is 376 g/mol. The predicted octanol–water partition coefficient (Wildman–Crippen LogP) is 4.31. The lowest BCUT2D eigenvalue weighted by Gasteiger charge is -2.13. The highest BCUT2D eigenvalue weighted by Gasteiger charge is 2.15. The van der Waals surface area contributed by atoms with Crippen LogP contribution in [0.1, 0.15) is 16.8 Å². The summed E-state index contributed by atoms with van der Waals surface area (Å²) in [6.45, 7) is 6.66. The molecule has 0 fully saturated rings. The summed E-state index contributed by atoms with van der Waals surface area (Å²) in [5.41, 5.74) is 4.77. The summed E-state index contributed by atoms with van der Waals surface area (Å²) in [7, 11) is 1.68. The number of fused-ring (bicyclic) bond motifs is 1. The molecule has 3 aromatic rings. The smallest absolute Gasteiger partial charge is 0.150 e. The van der Waals surface area contributed by atoms with Crippen molar-refractivity contribution in [2.24, 2.45) is 0 Å². The number of halogens is 1. The van der Waals surface area contributed by atoms with Crippen LogP contribution in [0, 0.1) is 13.8 Å². The summed E-state index contributed by atoms with van der Waals surface area (Å²) >= 11 is 0. The number of nitrogens with one attached hydrogen (secondary N) is 1. The highest BCUT2D eigenvalue weighted by atomic mass is 35.5. The maximum Gasteiger partial charge on any atom is 0.150 e. The number of anilines is 1. The van der Waals surface area contributed by atoms with Crippen LogP contribution in [0.3, 0.4) is 0 Å². The van der Waals surface area contributed by atoms with E-state index in [0.29, 0.717) is 19.9 Å². The standard InChI is InChI=1S/C20H25N3O2.ClH/c1-15-16(2)23(14-25-12-11-24-3)19-18(15)9-10-21-20(19)22-13-17-7-5-4-6-8-17;/h4-10H,11-14H2,1-3H3,(H,21,22);1H. The Morgan fingerprint density at radius 2 is 1.85 bits per heavy atom. The zero-order chi connectivity index (χ0) is 17.6. The third kappa shape index (κ3) is 4.36. The van der Waals surface area contributed by atoms with E-state index in [0.717, 1.165) is 17.9 Å². The molecule has 5 nitrogen and oxygen atoms in total. The van der Waals surface area contributed by atoms with Crippen LogP contribution in [-0.2, 0) is 22.7 Å². The monoisotopic (exact) mass is 375 g/mol. The zero-order valence-corrected chi connectivity index (χ0v) is 16.3. The van der Waals surface area contributed by atoms with Crippen molar-refractivity contribution in [3.8, 4) is 0 Å². The van der Waals surface area contributed by atoms with E-state index in [2.05, 4.69) is 46.9 Å². The predicted molar refractivity (Wildman–Crippen MR) is 108 cm³/mol. The molecule has 0 aliphatic heterocycles. The lowest BCUT2D eigenvalue weighted by molar-refractivity contribution is 0.0353. The number of aryl methyl sites for hydroxylation is 1. The minimum Gasteiger partial charge on any atom is -0.382 e. The Hall–Kier alpha value is -2.08. The maximum absolute atomic E-state index is 5.76. The molecular formula is C20H26ClN3O2. The summed E-state index contributed by atoms with van der Waals surface area (Å²) in [4.78, 5) is 4.57. The van der Waals surface area contributed by atoms with Crippen LogP contribution in [0.5, 0.6) is 0 Å². The second-order valence-corrected chi connectivity index (χ2v) is 6.06. The number of nitrogens with zero attached hydrogens (tertiary/aromatic N) is 2. The van der Waals surface area contributed by atoms with Crippen molar-refractivity contribution in [3.63, 3.8) is 0 Å². The zero-order valence-electron chi connectivity index (χ0n) is 15.5. The van der Waals surface area contributed by atoms with E-state index in [1.165, 1.54) is 22.2 Å². The quantitative estimate of drug-likeness (QED) is 0.596. The minimum atomic E-state index is 0. The molecule has 1 aromatic carbocycles. The van der Waals surface area contributed by atoms with Crippen LogP contribution in [0.25, 0.3) is 10.9 Å². The molecule has 6 heteroatoms. The molecular weight excluding hydrogens is 350 g/mol. The Balaban J connectivity index is 0.00000243. The van der Waals surface area contributed by atoms with Crippen molar-refractivity contribution in [2.45, 2.75) is 27.1 Å². The lowest BCUT2D eigenvalue weighted by Crippen LogP contribution is -2.10. The van der Waals surface area contributed by atoms with Gasteiger partial charge in [0.25, 0.3) is 0 Å². The molecule has 2 aromatic heterocycles. The van der Waals surface area contributed by atoms with Crippen LogP contribution in [0.4, 0.5) is 5.82 Å². The van der Waals surface area contributed by atoms with Gasteiger partial charge in [-0.15, -0.1) is 12.4 Å². The molecule has 0 spiro atoms. The fourth-order valence-electron chi connectivity index (χ4n) is 2.97. The largest absolute Gasteiger partial charge is 0.382 e. The van der Waals surface area contributed by atoms with Crippen molar-refractivity contribution in [3.05, 3.63) is 59.4 Å². The first-order chi connectivity index (χ1) is 12.2. The first-order valence-corrected chi connectivity index (χ1v) is 8.51. The molecule has 3 rings (SSSR count). The third-order valence-electron chi connectivity index (χ3n) is 4.50. The Kier molecular flexibility index (Phi) is 7.45. The highest BCUT2D eigenvalue weighted by molar-refractivity contribution is 5.93. The Morgan fingerprint density at radius 1 is 1.08 bits per heavy atom. The summed E-state index contributed by atoms with van der Waals surface area (Å²) in [5, 5.41) is 4.68. The van der Waals surface area contributed by atoms with Gasteiger partial charge in [-0.3, -0.25) is 0 Å². The molecule has 0 unspecified atom stereocenters. The van der Waals surface area contributed by atoms with Gasteiger partial charge in [-0.25, -0.2) is 4.98 Å². The minimum absolute atomic E-state index is 0. The Morgan fingerprint density at radius 3 is 2.58 bits per heavy atom. The molecule has 26 heavy (non-hydrogen) atoms. The number of methoxy groups -OCH3 is 1. The molecule has 0 radical (unpaired) electrons. The number of benzene rings is 1. The molecule has 0 amide bonds. The van der Waals surface area contributed by atoms with Gasteiger partial charge >= 0.3 is 0 Å². The normalized spacial score (nSPS) is 10.7. The molecule has 0 saturated heterocycles. The number of pyridine rings is 1. The van der Waals surface area contributed by atoms with Crippen LogP contribution in [0.15, 0.2) is 42.6 Å². The number of hydrogen-bond donors (Lipinski definition) is 1. The summed E-state index contributed by atoms with van der Waals surface area (Å²) in [5.74, 6) is 0.882. The van der Waals surface area contributed by atoms with Crippen molar-refractivity contribution in [2.75, 3.05) is 25.6 Å². The van der Waals surface area contributed by atoms with Gasteiger partial charge in [0.15, 0.2) is 5.82 Å². The fourth-order valence-corrected chi connectivity index (χ4v) is 2.97. The molecule has 0 aliphatic rings. The third-order valence-corrected chi connectivity index (χ3v) is 4.50. The van der Waals surface area contributed by atoms with Gasteiger partial charge in [-0.05, 0) is 31.0 Å².